The highest BCUT2D eigenvalue weighted by Crippen LogP contribution is 2.27. The molecule has 0 fully saturated rings. The maximum Gasteiger partial charge on any atom is 0.241 e. The van der Waals surface area contributed by atoms with Gasteiger partial charge < -0.3 is 5.32 Å². The number of hydrogen-bond donors (Lipinski definition) is 1. The summed E-state index contributed by atoms with van der Waals surface area (Å²) < 4.78 is 25.4. The van der Waals surface area contributed by atoms with E-state index in [-0.39, 0.29) is 23.3 Å². The number of nitrogens with zero attached hydrogens (tertiary/aromatic N) is 1. The molecule has 1 unspecified atom stereocenters. The first-order valence-corrected chi connectivity index (χ1v) is 10.8. The smallest absolute Gasteiger partial charge is 0.241 e. The standard InChI is InChI=1S/C20H25ClN2O3S/c1-13-10-15(3)17(11-14(13)2)16(4)22-20(24)12-23(27(5,25)26)19-9-7-6-8-18(19)21/h6-11,16H,12H2,1-5H3,(H,22,24). The lowest BCUT2D eigenvalue weighted by Crippen LogP contribution is -2.41. The number of hydrogen-bond acceptors (Lipinski definition) is 3. The third-order valence-electron chi connectivity index (χ3n) is 4.54. The molecule has 0 heterocycles. The van der Waals surface area contributed by atoms with Crippen LogP contribution in [0.2, 0.25) is 5.02 Å². The fraction of sp³-hybridized carbons (Fsp3) is 0.350. The van der Waals surface area contributed by atoms with Gasteiger partial charge in [0, 0.05) is 0 Å². The summed E-state index contributed by atoms with van der Waals surface area (Å²) in [6, 6.07) is 10.4. The Kier molecular flexibility index (Phi) is 6.54. The minimum absolute atomic E-state index is 0.246. The molecule has 1 atom stereocenters. The first kappa shape index (κ1) is 21.3. The summed E-state index contributed by atoms with van der Waals surface area (Å²) in [6.07, 6.45) is 1.06. The molecule has 0 radical (unpaired) electrons. The molecule has 146 valence electrons. The van der Waals surface area contributed by atoms with Gasteiger partial charge in [0.05, 0.1) is 23.0 Å². The van der Waals surface area contributed by atoms with Crippen molar-refractivity contribution in [3.05, 3.63) is 63.7 Å². The van der Waals surface area contributed by atoms with E-state index in [1.54, 1.807) is 24.3 Å². The molecule has 7 heteroatoms. The number of nitrogens with one attached hydrogen (secondary N) is 1. The Morgan fingerprint density at radius 2 is 1.70 bits per heavy atom. The molecule has 0 saturated carbocycles. The summed E-state index contributed by atoms with van der Waals surface area (Å²) in [5.41, 5.74) is 4.71. The van der Waals surface area contributed by atoms with Gasteiger partial charge in [-0.15, -0.1) is 0 Å². The average Bonchev–Trinajstić information content (AvgIpc) is 2.55. The maximum atomic E-state index is 12.6. The molecule has 2 aromatic rings. The van der Waals surface area contributed by atoms with Gasteiger partial charge in [-0.2, -0.15) is 0 Å². The number of anilines is 1. The zero-order valence-electron chi connectivity index (χ0n) is 16.2. The second kappa shape index (κ2) is 8.31. The van der Waals surface area contributed by atoms with E-state index in [0.29, 0.717) is 0 Å². The molecule has 0 bridgehead atoms. The number of para-hydroxylation sites is 1. The van der Waals surface area contributed by atoms with Crippen LogP contribution in [0.1, 0.15) is 35.2 Å². The van der Waals surface area contributed by atoms with Crippen LogP contribution in [-0.2, 0) is 14.8 Å². The van der Waals surface area contributed by atoms with Crippen molar-refractivity contribution < 1.29 is 13.2 Å². The zero-order chi connectivity index (χ0) is 20.4. The number of sulfonamides is 1. The van der Waals surface area contributed by atoms with Crippen LogP contribution in [0.5, 0.6) is 0 Å². The van der Waals surface area contributed by atoms with Gasteiger partial charge in [0.25, 0.3) is 0 Å². The van der Waals surface area contributed by atoms with Crippen LogP contribution in [0, 0.1) is 20.8 Å². The number of halogens is 1. The van der Waals surface area contributed by atoms with Gasteiger partial charge in [-0.3, -0.25) is 9.10 Å². The van der Waals surface area contributed by atoms with Crippen LogP contribution in [0.3, 0.4) is 0 Å². The lowest BCUT2D eigenvalue weighted by molar-refractivity contribution is -0.120. The molecule has 0 aromatic heterocycles. The summed E-state index contributed by atoms with van der Waals surface area (Å²) >= 11 is 6.13. The van der Waals surface area contributed by atoms with E-state index in [2.05, 4.69) is 17.4 Å². The third-order valence-corrected chi connectivity index (χ3v) is 5.98. The number of amides is 1. The normalized spacial score (nSPS) is 12.5. The highest BCUT2D eigenvalue weighted by molar-refractivity contribution is 7.92. The molecule has 1 N–H and O–H groups in total. The quantitative estimate of drug-likeness (QED) is 0.787. The van der Waals surface area contributed by atoms with Gasteiger partial charge in [-0.25, -0.2) is 8.42 Å². The summed E-state index contributed by atoms with van der Waals surface area (Å²) in [5, 5.41) is 3.16. The van der Waals surface area contributed by atoms with Crippen LogP contribution < -0.4 is 9.62 Å². The second-order valence-corrected chi connectivity index (χ2v) is 9.12. The van der Waals surface area contributed by atoms with Gasteiger partial charge in [-0.05, 0) is 62.1 Å². The SMILES string of the molecule is Cc1cc(C)c(C(C)NC(=O)CN(c2ccccc2Cl)S(C)(=O)=O)cc1C. The van der Waals surface area contributed by atoms with Crippen molar-refractivity contribution in [3.8, 4) is 0 Å². The first-order valence-electron chi connectivity index (χ1n) is 8.60. The molecule has 2 rings (SSSR count). The van der Waals surface area contributed by atoms with Crippen molar-refractivity contribution in [2.45, 2.75) is 33.7 Å². The monoisotopic (exact) mass is 408 g/mol. The fourth-order valence-electron chi connectivity index (χ4n) is 2.98. The van der Waals surface area contributed by atoms with E-state index in [1.165, 1.54) is 5.56 Å². The van der Waals surface area contributed by atoms with E-state index in [4.69, 9.17) is 11.6 Å². The van der Waals surface area contributed by atoms with Gasteiger partial charge >= 0.3 is 0 Å². The van der Waals surface area contributed by atoms with E-state index in [1.807, 2.05) is 27.7 Å². The third kappa shape index (κ3) is 5.23. The second-order valence-electron chi connectivity index (χ2n) is 6.80. The Bertz CT molecular complexity index is 958. The Labute approximate surface area is 166 Å². The predicted molar refractivity (Wildman–Crippen MR) is 111 cm³/mol. The lowest BCUT2D eigenvalue weighted by atomic mass is 9.96. The van der Waals surface area contributed by atoms with Crippen LogP contribution in [0.4, 0.5) is 5.69 Å². The first-order chi connectivity index (χ1) is 12.5. The Morgan fingerprint density at radius 1 is 1.11 bits per heavy atom. The van der Waals surface area contributed by atoms with Crippen molar-refractivity contribution in [2.24, 2.45) is 0 Å². The van der Waals surface area contributed by atoms with E-state index in [9.17, 15) is 13.2 Å². The Balaban J connectivity index is 2.22. The number of benzene rings is 2. The average molecular weight is 409 g/mol. The van der Waals surface area contributed by atoms with Gasteiger partial charge in [-0.1, -0.05) is 35.9 Å². The minimum atomic E-state index is -3.67. The van der Waals surface area contributed by atoms with Crippen molar-refractivity contribution in [2.75, 3.05) is 17.1 Å². The topological polar surface area (TPSA) is 66.5 Å². The maximum absolute atomic E-state index is 12.6. The Morgan fingerprint density at radius 3 is 2.30 bits per heavy atom. The summed E-state index contributed by atoms with van der Waals surface area (Å²) in [4.78, 5) is 12.6. The van der Waals surface area contributed by atoms with Gasteiger partial charge in [0.15, 0.2) is 0 Å². The van der Waals surface area contributed by atoms with E-state index >= 15 is 0 Å². The summed E-state index contributed by atoms with van der Waals surface area (Å²) in [7, 11) is -3.67. The fourth-order valence-corrected chi connectivity index (χ4v) is 4.14. The molecule has 2 aromatic carbocycles. The van der Waals surface area contributed by atoms with Crippen molar-refractivity contribution >= 4 is 33.2 Å². The highest BCUT2D eigenvalue weighted by Gasteiger charge is 2.24. The molecule has 1 amide bonds. The van der Waals surface area contributed by atoms with Crippen molar-refractivity contribution in [1.29, 1.82) is 0 Å². The lowest BCUT2D eigenvalue weighted by Gasteiger charge is -2.24. The van der Waals surface area contributed by atoms with Gasteiger partial charge in [0.1, 0.15) is 6.54 Å². The van der Waals surface area contributed by atoms with Crippen LogP contribution in [0.25, 0.3) is 0 Å². The molecule has 0 aliphatic carbocycles. The van der Waals surface area contributed by atoms with Crippen molar-refractivity contribution in [1.82, 2.24) is 5.32 Å². The molecule has 0 aliphatic heterocycles. The van der Waals surface area contributed by atoms with Crippen LogP contribution in [-0.4, -0.2) is 27.1 Å². The molecular formula is C20H25ClN2O3S. The molecule has 5 nitrogen and oxygen atoms in total. The highest BCUT2D eigenvalue weighted by atomic mass is 35.5. The van der Waals surface area contributed by atoms with Crippen LogP contribution in [0.15, 0.2) is 36.4 Å². The van der Waals surface area contributed by atoms with E-state index < -0.39 is 15.9 Å². The molecule has 0 aliphatic rings. The largest absolute Gasteiger partial charge is 0.348 e. The number of carbonyl (C=O) groups excluding carboxylic acids is 1. The molecule has 27 heavy (non-hydrogen) atoms. The number of carbonyl (C=O) groups is 1. The zero-order valence-corrected chi connectivity index (χ0v) is 17.8. The van der Waals surface area contributed by atoms with Crippen molar-refractivity contribution in [3.63, 3.8) is 0 Å². The Hall–Kier alpha value is -2.05. The summed E-state index contributed by atoms with van der Waals surface area (Å²) in [6.45, 7) is 7.61. The van der Waals surface area contributed by atoms with E-state index in [0.717, 1.165) is 27.3 Å². The number of aryl methyl sites for hydroxylation is 3. The number of rotatable bonds is 6. The summed E-state index contributed by atoms with van der Waals surface area (Å²) in [5.74, 6) is -0.398. The minimum Gasteiger partial charge on any atom is -0.348 e. The van der Waals surface area contributed by atoms with Gasteiger partial charge in [0.2, 0.25) is 15.9 Å². The molecular weight excluding hydrogens is 384 g/mol. The molecule has 0 saturated heterocycles. The van der Waals surface area contributed by atoms with Crippen LogP contribution >= 0.6 is 11.6 Å². The predicted octanol–water partition coefficient (Wildman–Crippen LogP) is 3.91. The molecule has 0 spiro atoms.